The Hall–Kier alpha value is -0.0800. The summed E-state index contributed by atoms with van der Waals surface area (Å²) in [6, 6.07) is 0.531. The van der Waals surface area contributed by atoms with Gasteiger partial charge in [-0.2, -0.15) is 0 Å². The number of hydrogen-bond acceptors (Lipinski definition) is 2. The number of hydrogen-bond donors (Lipinski definition) is 1. The van der Waals surface area contributed by atoms with E-state index in [0.717, 1.165) is 13.2 Å². The lowest BCUT2D eigenvalue weighted by atomic mass is 9.85. The maximum absolute atomic E-state index is 6.01. The van der Waals surface area contributed by atoms with Gasteiger partial charge in [0.2, 0.25) is 0 Å². The third-order valence-electron chi connectivity index (χ3n) is 3.73. The Morgan fingerprint density at radius 3 is 2.62 bits per heavy atom. The average Bonchev–Trinajstić information content (AvgIpc) is 2.35. The molecule has 1 aliphatic carbocycles. The van der Waals surface area contributed by atoms with E-state index in [2.05, 4.69) is 26.1 Å². The summed E-state index contributed by atoms with van der Waals surface area (Å²) in [5.41, 5.74) is 0.634. The van der Waals surface area contributed by atoms with Crippen LogP contribution in [-0.2, 0) is 4.74 Å². The van der Waals surface area contributed by atoms with Gasteiger partial charge in [0.25, 0.3) is 0 Å². The molecule has 1 N–H and O–H groups in total. The minimum atomic E-state index is 0.155. The number of ether oxygens (including phenoxy) is 1. The van der Waals surface area contributed by atoms with Crippen molar-refractivity contribution in [3.63, 3.8) is 0 Å². The molecular formula is C11H21NO. The minimum absolute atomic E-state index is 0.155. The average molecular weight is 183 g/mol. The Morgan fingerprint density at radius 1 is 1.31 bits per heavy atom. The topological polar surface area (TPSA) is 21.3 Å². The lowest BCUT2D eigenvalue weighted by Gasteiger charge is -2.41. The van der Waals surface area contributed by atoms with Crippen molar-refractivity contribution < 1.29 is 4.74 Å². The van der Waals surface area contributed by atoms with Gasteiger partial charge in [0.1, 0.15) is 0 Å². The Balaban J connectivity index is 2.12. The van der Waals surface area contributed by atoms with Crippen molar-refractivity contribution in [1.29, 1.82) is 0 Å². The Kier molecular flexibility index (Phi) is 2.16. The molecule has 1 heterocycles. The van der Waals surface area contributed by atoms with Gasteiger partial charge in [-0.3, -0.25) is 0 Å². The summed E-state index contributed by atoms with van der Waals surface area (Å²) in [6.07, 6.45) is 3.75. The zero-order chi connectivity index (χ0) is 9.53. The summed E-state index contributed by atoms with van der Waals surface area (Å²) in [5, 5.41) is 3.53. The van der Waals surface area contributed by atoms with E-state index in [0.29, 0.717) is 11.5 Å². The summed E-state index contributed by atoms with van der Waals surface area (Å²) in [6.45, 7) is 8.88. The lowest BCUT2D eigenvalue weighted by molar-refractivity contribution is -0.0925. The van der Waals surface area contributed by atoms with Gasteiger partial charge in [-0.15, -0.1) is 0 Å². The monoisotopic (exact) mass is 183 g/mol. The molecule has 0 aromatic heterocycles. The van der Waals surface area contributed by atoms with E-state index in [9.17, 15) is 0 Å². The molecule has 2 nitrogen and oxygen atoms in total. The first kappa shape index (κ1) is 9.47. The molecule has 1 aliphatic heterocycles. The van der Waals surface area contributed by atoms with Gasteiger partial charge in [-0.05, 0) is 31.6 Å². The van der Waals surface area contributed by atoms with Crippen molar-refractivity contribution >= 4 is 0 Å². The van der Waals surface area contributed by atoms with Crippen LogP contribution in [0.5, 0.6) is 0 Å². The first-order valence-electron chi connectivity index (χ1n) is 5.42. The van der Waals surface area contributed by atoms with Crippen molar-refractivity contribution in [2.24, 2.45) is 5.41 Å². The molecule has 0 radical (unpaired) electrons. The molecule has 0 bridgehead atoms. The standard InChI is InChI=1S/C11H21NO/c1-9-11(13-7-6-12-9)5-4-10(2,3)8-11/h9,12H,4-8H2,1-3H3. The van der Waals surface area contributed by atoms with E-state index in [-0.39, 0.29) is 5.60 Å². The Morgan fingerprint density at radius 2 is 2.08 bits per heavy atom. The highest BCUT2D eigenvalue weighted by molar-refractivity contribution is 5.02. The van der Waals surface area contributed by atoms with Crippen molar-refractivity contribution in [2.75, 3.05) is 13.2 Å². The zero-order valence-corrected chi connectivity index (χ0v) is 9.02. The van der Waals surface area contributed by atoms with Gasteiger partial charge in [0, 0.05) is 12.6 Å². The van der Waals surface area contributed by atoms with Gasteiger partial charge in [0.05, 0.1) is 12.2 Å². The van der Waals surface area contributed by atoms with E-state index < -0.39 is 0 Å². The highest BCUT2D eigenvalue weighted by Gasteiger charge is 2.48. The van der Waals surface area contributed by atoms with Gasteiger partial charge in [-0.1, -0.05) is 13.8 Å². The van der Waals surface area contributed by atoms with Gasteiger partial charge in [-0.25, -0.2) is 0 Å². The van der Waals surface area contributed by atoms with E-state index in [1.165, 1.54) is 19.3 Å². The first-order chi connectivity index (χ1) is 6.04. The maximum Gasteiger partial charge on any atom is 0.0837 e. The minimum Gasteiger partial charge on any atom is -0.372 e. The molecule has 13 heavy (non-hydrogen) atoms. The second-order valence-corrected chi connectivity index (χ2v) is 5.43. The third-order valence-corrected chi connectivity index (χ3v) is 3.73. The third kappa shape index (κ3) is 1.62. The van der Waals surface area contributed by atoms with Crippen LogP contribution in [0.25, 0.3) is 0 Å². The summed E-state index contributed by atoms with van der Waals surface area (Å²) in [4.78, 5) is 0. The molecule has 1 saturated carbocycles. The molecule has 2 fully saturated rings. The SMILES string of the molecule is CC1NCCOC12CCC(C)(C)C2. The number of nitrogens with one attached hydrogen (secondary N) is 1. The van der Waals surface area contributed by atoms with Crippen molar-refractivity contribution in [1.82, 2.24) is 5.32 Å². The van der Waals surface area contributed by atoms with E-state index in [1.54, 1.807) is 0 Å². The molecule has 76 valence electrons. The van der Waals surface area contributed by atoms with E-state index in [1.807, 2.05) is 0 Å². The number of rotatable bonds is 0. The largest absolute Gasteiger partial charge is 0.372 e. The quantitative estimate of drug-likeness (QED) is 0.619. The van der Waals surface area contributed by atoms with Crippen LogP contribution in [0.15, 0.2) is 0 Å². The molecule has 2 rings (SSSR count). The molecule has 1 saturated heterocycles. The van der Waals surface area contributed by atoms with Crippen LogP contribution in [0.4, 0.5) is 0 Å². The molecule has 1 spiro atoms. The molecule has 0 amide bonds. The first-order valence-corrected chi connectivity index (χ1v) is 5.42. The zero-order valence-electron chi connectivity index (χ0n) is 9.02. The summed E-state index contributed by atoms with van der Waals surface area (Å²) >= 11 is 0. The van der Waals surface area contributed by atoms with Crippen molar-refractivity contribution in [3.8, 4) is 0 Å². The van der Waals surface area contributed by atoms with Crippen LogP contribution in [-0.4, -0.2) is 24.8 Å². The van der Waals surface area contributed by atoms with E-state index >= 15 is 0 Å². The van der Waals surface area contributed by atoms with Gasteiger partial charge in [0.15, 0.2) is 0 Å². The number of morpholine rings is 1. The second kappa shape index (κ2) is 2.96. The molecule has 2 unspecified atom stereocenters. The summed E-state index contributed by atoms with van der Waals surface area (Å²) in [7, 11) is 0. The molecule has 2 heteroatoms. The fourth-order valence-electron chi connectivity index (χ4n) is 2.87. The highest BCUT2D eigenvalue weighted by Crippen LogP contribution is 2.47. The van der Waals surface area contributed by atoms with Crippen molar-refractivity contribution in [3.05, 3.63) is 0 Å². The predicted octanol–water partition coefficient (Wildman–Crippen LogP) is 1.94. The predicted molar refractivity (Wildman–Crippen MR) is 53.8 cm³/mol. The fraction of sp³-hybridized carbons (Fsp3) is 1.00. The van der Waals surface area contributed by atoms with Crippen LogP contribution >= 0.6 is 0 Å². The van der Waals surface area contributed by atoms with Crippen LogP contribution in [0.3, 0.4) is 0 Å². The van der Waals surface area contributed by atoms with Crippen LogP contribution in [0.1, 0.15) is 40.0 Å². The van der Waals surface area contributed by atoms with Crippen LogP contribution in [0.2, 0.25) is 0 Å². The van der Waals surface area contributed by atoms with Gasteiger partial charge < -0.3 is 10.1 Å². The summed E-state index contributed by atoms with van der Waals surface area (Å²) in [5.74, 6) is 0. The molecular weight excluding hydrogens is 162 g/mol. The normalized spacial score (nSPS) is 44.1. The Labute approximate surface area is 81.0 Å². The smallest absolute Gasteiger partial charge is 0.0837 e. The molecule has 0 aromatic rings. The maximum atomic E-state index is 6.01. The molecule has 0 aromatic carbocycles. The summed E-state index contributed by atoms with van der Waals surface area (Å²) < 4.78 is 6.01. The molecule has 2 aliphatic rings. The Bertz CT molecular complexity index is 202. The second-order valence-electron chi connectivity index (χ2n) is 5.43. The van der Waals surface area contributed by atoms with Gasteiger partial charge >= 0.3 is 0 Å². The lowest BCUT2D eigenvalue weighted by Crippen LogP contribution is -2.55. The van der Waals surface area contributed by atoms with Crippen molar-refractivity contribution in [2.45, 2.75) is 51.7 Å². The molecule has 2 atom stereocenters. The van der Waals surface area contributed by atoms with E-state index in [4.69, 9.17) is 4.74 Å². The van der Waals surface area contributed by atoms with Crippen LogP contribution in [0, 0.1) is 5.41 Å². The van der Waals surface area contributed by atoms with Crippen LogP contribution < -0.4 is 5.32 Å². The highest BCUT2D eigenvalue weighted by atomic mass is 16.5. The fourth-order valence-corrected chi connectivity index (χ4v) is 2.87.